The van der Waals surface area contributed by atoms with Gasteiger partial charge in [-0.3, -0.25) is 0 Å². The first-order valence-electron chi connectivity index (χ1n) is 4.60. The summed E-state index contributed by atoms with van der Waals surface area (Å²) in [5, 5.41) is 9.11. The van der Waals surface area contributed by atoms with Crippen LogP contribution in [0.2, 0.25) is 0 Å². The van der Waals surface area contributed by atoms with Crippen molar-refractivity contribution in [1.82, 2.24) is 0 Å². The van der Waals surface area contributed by atoms with Crippen LogP contribution in [0.3, 0.4) is 0 Å². The van der Waals surface area contributed by atoms with Crippen LogP contribution in [-0.4, -0.2) is 11.7 Å². The Morgan fingerprint density at radius 2 is 2.00 bits per heavy atom. The third-order valence-electron chi connectivity index (χ3n) is 2.49. The minimum absolute atomic E-state index is 0.0670. The zero-order valence-corrected chi connectivity index (χ0v) is 8.50. The molecule has 1 atom stereocenters. The van der Waals surface area contributed by atoms with Gasteiger partial charge in [0.1, 0.15) is 5.82 Å². The molecule has 0 radical (unpaired) electrons. The fourth-order valence-corrected chi connectivity index (χ4v) is 1.25. The molecule has 0 aromatic heterocycles. The van der Waals surface area contributed by atoms with E-state index in [1.807, 2.05) is 13.8 Å². The van der Waals surface area contributed by atoms with Gasteiger partial charge in [0.25, 0.3) is 0 Å². The SMILES string of the molecule is CC(C)(CO)C(N)c1ccccc1F. The molecule has 14 heavy (non-hydrogen) atoms. The van der Waals surface area contributed by atoms with E-state index in [2.05, 4.69) is 0 Å². The van der Waals surface area contributed by atoms with Crippen LogP contribution in [0.15, 0.2) is 24.3 Å². The summed E-state index contributed by atoms with van der Waals surface area (Å²) >= 11 is 0. The van der Waals surface area contributed by atoms with Gasteiger partial charge in [0, 0.05) is 23.6 Å². The molecule has 0 amide bonds. The van der Waals surface area contributed by atoms with E-state index in [-0.39, 0.29) is 12.4 Å². The predicted molar refractivity (Wildman–Crippen MR) is 54.2 cm³/mol. The first kappa shape index (κ1) is 11.1. The summed E-state index contributed by atoms with van der Waals surface area (Å²) in [6, 6.07) is 5.90. The van der Waals surface area contributed by atoms with Gasteiger partial charge in [-0.15, -0.1) is 0 Å². The number of halogens is 1. The summed E-state index contributed by atoms with van der Waals surface area (Å²) in [5.74, 6) is -0.318. The summed E-state index contributed by atoms with van der Waals surface area (Å²) in [5.41, 5.74) is 5.82. The van der Waals surface area contributed by atoms with Gasteiger partial charge >= 0.3 is 0 Å². The maximum absolute atomic E-state index is 13.3. The Labute approximate surface area is 83.6 Å². The van der Waals surface area contributed by atoms with Crippen molar-refractivity contribution in [3.05, 3.63) is 35.6 Å². The van der Waals surface area contributed by atoms with Crippen molar-refractivity contribution in [2.24, 2.45) is 11.1 Å². The quantitative estimate of drug-likeness (QED) is 0.776. The van der Waals surface area contributed by atoms with Gasteiger partial charge < -0.3 is 10.8 Å². The van der Waals surface area contributed by atoms with Gasteiger partial charge in [0.2, 0.25) is 0 Å². The summed E-state index contributed by atoms with van der Waals surface area (Å²) in [6.07, 6.45) is 0. The molecule has 3 heteroatoms. The maximum atomic E-state index is 13.3. The van der Waals surface area contributed by atoms with E-state index in [0.29, 0.717) is 5.56 Å². The highest BCUT2D eigenvalue weighted by Gasteiger charge is 2.28. The van der Waals surface area contributed by atoms with Crippen LogP contribution in [0.4, 0.5) is 4.39 Å². The Bertz CT molecular complexity index is 312. The van der Waals surface area contributed by atoms with Crippen molar-refractivity contribution in [3.63, 3.8) is 0 Å². The summed E-state index contributed by atoms with van der Waals surface area (Å²) < 4.78 is 13.3. The molecular formula is C11H16FNO. The lowest BCUT2D eigenvalue weighted by Crippen LogP contribution is -2.33. The highest BCUT2D eigenvalue weighted by Crippen LogP contribution is 2.31. The molecule has 0 bridgehead atoms. The minimum atomic E-state index is -0.512. The van der Waals surface area contributed by atoms with Crippen LogP contribution < -0.4 is 5.73 Å². The molecule has 3 N–H and O–H groups in total. The van der Waals surface area contributed by atoms with Crippen molar-refractivity contribution < 1.29 is 9.50 Å². The largest absolute Gasteiger partial charge is 0.396 e. The number of benzene rings is 1. The molecular weight excluding hydrogens is 181 g/mol. The predicted octanol–water partition coefficient (Wildman–Crippen LogP) is 1.84. The van der Waals surface area contributed by atoms with Gasteiger partial charge in [-0.2, -0.15) is 0 Å². The third-order valence-corrected chi connectivity index (χ3v) is 2.49. The highest BCUT2D eigenvalue weighted by atomic mass is 19.1. The van der Waals surface area contributed by atoms with Crippen molar-refractivity contribution >= 4 is 0 Å². The molecule has 0 saturated heterocycles. The topological polar surface area (TPSA) is 46.2 Å². The summed E-state index contributed by atoms with van der Waals surface area (Å²) in [6.45, 7) is 3.55. The lowest BCUT2D eigenvalue weighted by molar-refractivity contribution is 0.131. The molecule has 0 fully saturated rings. The van der Waals surface area contributed by atoms with E-state index in [1.165, 1.54) is 6.07 Å². The summed E-state index contributed by atoms with van der Waals surface area (Å²) in [4.78, 5) is 0. The normalized spacial score (nSPS) is 14.1. The third kappa shape index (κ3) is 2.11. The van der Waals surface area contributed by atoms with Gasteiger partial charge in [0.15, 0.2) is 0 Å². The van der Waals surface area contributed by atoms with Crippen molar-refractivity contribution in [2.45, 2.75) is 19.9 Å². The molecule has 1 rings (SSSR count). The van der Waals surface area contributed by atoms with Crippen LogP contribution in [0.1, 0.15) is 25.5 Å². The Kier molecular flexibility index (Phi) is 3.24. The Morgan fingerprint density at radius 1 is 1.43 bits per heavy atom. The lowest BCUT2D eigenvalue weighted by Gasteiger charge is -2.29. The van der Waals surface area contributed by atoms with Gasteiger partial charge in [-0.1, -0.05) is 32.0 Å². The zero-order valence-electron chi connectivity index (χ0n) is 8.50. The Balaban J connectivity index is 3.00. The molecule has 1 aromatic rings. The summed E-state index contributed by atoms with van der Waals surface area (Å²) in [7, 11) is 0. The molecule has 1 unspecified atom stereocenters. The number of hydrogen-bond donors (Lipinski definition) is 2. The smallest absolute Gasteiger partial charge is 0.127 e. The highest BCUT2D eigenvalue weighted by molar-refractivity contribution is 5.22. The van der Waals surface area contributed by atoms with Crippen LogP contribution in [0.25, 0.3) is 0 Å². The van der Waals surface area contributed by atoms with Crippen molar-refractivity contribution in [1.29, 1.82) is 0 Å². The zero-order chi connectivity index (χ0) is 10.8. The van der Waals surface area contributed by atoms with E-state index < -0.39 is 11.5 Å². The number of aliphatic hydroxyl groups excluding tert-OH is 1. The molecule has 0 spiro atoms. The van der Waals surface area contributed by atoms with E-state index >= 15 is 0 Å². The van der Waals surface area contributed by atoms with E-state index in [1.54, 1.807) is 18.2 Å². The van der Waals surface area contributed by atoms with Crippen molar-refractivity contribution in [2.75, 3.05) is 6.61 Å². The molecule has 0 aliphatic carbocycles. The molecule has 78 valence electrons. The van der Waals surface area contributed by atoms with E-state index in [0.717, 1.165) is 0 Å². The van der Waals surface area contributed by atoms with Gasteiger partial charge in [-0.05, 0) is 6.07 Å². The fraction of sp³-hybridized carbons (Fsp3) is 0.455. The Hall–Kier alpha value is -0.930. The van der Waals surface area contributed by atoms with E-state index in [4.69, 9.17) is 10.8 Å². The number of rotatable bonds is 3. The minimum Gasteiger partial charge on any atom is -0.396 e. The van der Waals surface area contributed by atoms with E-state index in [9.17, 15) is 4.39 Å². The fourth-order valence-electron chi connectivity index (χ4n) is 1.25. The maximum Gasteiger partial charge on any atom is 0.127 e. The molecule has 0 saturated carbocycles. The first-order chi connectivity index (χ1) is 6.49. The second-order valence-corrected chi connectivity index (χ2v) is 4.15. The second kappa shape index (κ2) is 4.07. The average molecular weight is 197 g/mol. The average Bonchev–Trinajstić information content (AvgIpc) is 2.17. The number of hydrogen-bond acceptors (Lipinski definition) is 2. The molecule has 0 heterocycles. The van der Waals surface area contributed by atoms with Crippen LogP contribution in [-0.2, 0) is 0 Å². The standard InChI is InChI=1S/C11H16FNO/c1-11(2,7-14)10(13)8-5-3-4-6-9(8)12/h3-6,10,14H,7,13H2,1-2H3. The molecule has 0 aliphatic rings. The monoisotopic (exact) mass is 197 g/mol. The molecule has 0 aliphatic heterocycles. The van der Waals surface area contributed by atoms with Crippen molar-refractivity contribution in [3.8, 4) is 0 Å². The Morgan fingerprint density at radius 3 is 2.50 bits per heavy atom. The number of nitrogens with two attached hydrogens (primary N) is 1. The first-order valence-corrected chi connectivity index (χ1v) is 4.60. The van der Waals surface area contributed by atoms with Crippen LogP contribution in [0.5, 0.6) is 0 Å². The molecule has 1 aromatic carbocycles. The second-order valence-electron chi connectivity index (χ2n) is 4.15. The molecule has 2 nitrogen and oxygen atoms in total. The number of aliphatic hydroxyl groups is 1. The van der Waals surface area contributed by atoms with Crippen LogP contribution >= 0.6 is 0 Å². The van der Waals surface area contributed by atoms with Gasteiger partial charge in [0.05, 0.1) is 0 Å². The lowest BCUT2D eigenvalue weighted by atomic mass is 9.82. The van der Waals surface area contributed by atoms with Crippen LogP contribution in [0, 0.1) is 11.2 Å². The van der Waals surface area contributed by atoms with Gasteiger partial charge in [-0.25, -0.2) is 4.39 Å².